The highest BCUT2D eigenvalue weighted by Gasteiger charge is 2.34. The summed E-state index contributed by atoms with van der Waals surface area (Å²) in [7, 11) is 0. The first-order valence-corrected chi connectivity index (χ1v) is 7.28. The van der Waals surface area contributed by atoms with Gasteiger partial charge in [-0.25, -0.2) is 0 Å². The van der Waals surface area contributed by atoms with Crippen LogP contribution in [0.25, 0.3) is 0 Å². The van der Waals surface area contributed by atoms with Crippen molar-refractivity contribution in [3.8, 4) is 0 Å². The summed E-state index contributed by atoms with van der Waals surface area (Å²) in [5, 5.41) is 3.88. The molecule has 0 aromatic rings. The van der Waals surface area contributed by atoms with Crippen LogP contribution in [0.5, 0.6) is 0 Å². The number of fused-ring (bicyclic) bond motifs is 2. The van der Waals surface area contributed by atoms with Crippen molar-refractivity contribution in [2.24, 2.45) is 5.92 Å². The predicted octanol–water partition coefficient (Wildman–Crippen LogP) is 2.64. The minimum Gasteiger partial charge on any atom is -0.311 e. The Morgan fingerprint density at radius 1 is 1.25 bits per heavy atom. The van der Waals surface area contributed by atoms with Gasteiger partial charge in [-0.05, 0) is 45.2 Å². The number of hydrogen-bond donors (Lipinski definition) is 1. The zero-order valence-electron chi connectivity index (χ0n) is 11.0. The SMILES string of the molecule is CCCCCC(C)NC1CCN2CCC1C2. The predicted molar refractivity (Wildman–Crippen MR) is 69.7 cm³/mol. The maximum Gasteiger partial charge on any atom is 0.0123 e. The van der Waals surface area contributed by atoms with Gasteiger partial charge < -0.3 is 10.2 Å². The van der Waals surface area contributed by atoms with Gasteiger partial charge in [-0.3, -0.25) is 0 Å². The van der Waals surface area contributed by atoms with Gasteiger partial charge in [-0.15, -0.1) is 0 Å². The summed E-state index contributed by atoms with van der Waals surface area (Å²) in [6.07, 6.45) is 8.30. The Kier molecular flexibility index (Phi) is 4.66. The van der Waals surface area contributed by atoms with E-state index in [1.807, 2.05) is 0 Å². The molecule has 2 bridgehead atoms. The Morgan fingerprint density at radius 2 is 2.06 bits per heavy atom. The lowest BCUT2D eigenvalue weighted by Gasteiger charge is -2.33. The summed E-state index contributed by atoms with van der Waals surface area (Å²) in [6.45, 7) is 8.70. The summed E-state index contributed by atoms with van der Waals surface area (Å²) >= 11 is 0. The normalized spacial score (nSPS) is 35.2. The van der Waals surface area contributed by atoms with Gasteiger partial charge in [0.2, 0.25) is 0 Å². The average molecular weight is 224 g/mol. The fourth-order valence-electron chi connectivity index (χ4n) is 3.32. The maximum atomic E-state index is 3.88. The Bertz CT molecular complexity index is 205. The molecule has 2 aliphatic heterocycles. The van der Waals surface area contributed by atoms with Crippen molar-refractivity contribution in [3.05, 3.63) is 0 Å². The fraction of sp³-hybridized carbons (Fsp3) is 1.00. The first-order chi connectivity index (χ1) is 7.79. The maximum absolute atomic E-state index is 3.88. The van der Waals surface area contributed by atoms with Crippen molar-refractivity contribution in [1.29, 1.82) is 0 Å². The molecule has 16 heavy (non-hydrogen) atoms. The van der Waals surface area contributed by atoms with Gasteiger partial charge in [0.1, 0.15) is 0 Å². The van der Waals surface area contributed by atoms with E-state index < -0.39 is 0 Å². The van der Waals surface area contributed by atoms with Crippen LogP contribution in [0.1, 0.15) is 52.4 Å². The number of hydrogen-bond acceptors (Lipinski definition) is 2. The zero-order valence-corrected chi connectivity index (χ0v) is 11.0. The lowest BCUT2D eigenvalue weighted by molar-refractivity contribution is 0.209. The van der Waals surface area contributed by atoms with Crippen molar-refractivity contribution in [2.75, 3.05) is 19.6 Å². The summed E-state index contributed by atoms with van der Waals surface area (Å²) in [6, 6.07) is 1.54. The fourth-order valence-corrected chi connectivity index (χ4v) is 3.32. The highest BCUT2D eigenvalue weighted by Crippen LogP contribution is 2.27. The van der Waals surface area contributed by atoms with Gasteiger partial charge >= 0.3 is 0 Å². The monoisotopic (exact) mass is 224 g/mol. The van der Waals surface area contributed by atoms with E-state index in [9.17, 15) is 0 Å². The second-order valence-corrected chi connectivity index (χ2v) is 5.81. The second kappa shape index (κ2) is 6.02. The van der Waals surface area contributed by atoms with Crippen LogP contribution in [0.3, 0.4) is 0 Å². The van der Waals surface area contributed by atoms with Crippen LogP contribution in [0.4, 0.5) is 0 Å². The molecule has 0 amide bonds. The number of piperidine rings is 1. The molecule has 0 spiro atoms. The molecule has 2 heteroatoms. The van der Waals surface area contributed by atoms with Crippen LogP contribution in [-0.2, 0) is 0 Å². The molecule has 94 valence electrons. The molecule has 0 aliphatic carbocycles. The van der Waals surface area contributed by atoms with E-state index in [2.05, 4.69) is 24.1 Å². The van der Waals surface area contributed by atoms with Crippen molar-refractivity contribution in [1.82, 2.24) is 10.2 Å². The molecule has 0 radical (unpaired) electrons. The average Bonchev–Trinajstić information content (AvgIpc) is 2.66. The molecule has 2 nitrogen and oxygen atoms in total. The van der Waals surface area contributed by atoms with Gasteiger partial charge in [-0.2, -0.15) is 0 Å². The smallest absolute Gasteiger partial charge is 0.0123 e. The van der Waals surface area contributed by atoms with E-state index in [-0.39, 0.29) is 0 Å². The molecule has 2 aliphatic rings. The molecule has 1 N–H and O–H groups in total. The number of nitrogens with zero attached hydrogens (tertiary/aromatic N) is 1. The van der Waals surface area contributed by atoms with Gasteiger partial charge in [0.15, 0.2) is 0 Å². The first kappa shape index (κ1) is 12.4. The van der Waals surface area contributed by atoms with Crippen LogP contribution in [0.15, 0.2) is 0 Å². The lowest BCUT2D eigenvalue weighted by atomic mass is 9.93. The van der Waals surface area contributed by atoms with Crippen molar-refractivity contribution >= 4 is 0 Å². The second-order valence-electron chi connectivity index (χ2n) is 5.81. The van der Waals surface area contributed by atoms with Gasteiger partial charge in [-0.1, -0.05) is 26.2 Å². The number of nitrogens with one attached hydrogen (secondary N) is 1. The van der Waals surface area contributed by atoms with Crippen molar-refractivity contribution < 1.29 is 0 Å². The zero-order chi connectivity index (χ0) is 11.4. The molecule has 0 aromatic heterocycles. The molecule has 2 heterocycles. The van der Waals surface area contributed by atoms with Crippen LogP contribution >= 0.6 is 0 Å². The minimum atomic E-state index is 0.726. The molecule has 0 aromatic carbocycles. The Hall–Kier alpha value is -0.0800. The quantitative estimate of drug-likeness (QED) is 0.698. The van der Waals surface area contributed by atoms with E-state index in [0.29, 0.717) is 0 Å². The largest absolute Gasteiger partial charge is 0.311 e. The third kappa shape index (κ3) is 3.21. The Morgan fingerprint density at radius 3 is 2.88 bits per heavy atom. The topological polar surface area (TPSA) is 15.3 Å². The molecule has 2 rings (SSSR count). The molecule has 2 saturated heterocycles. The van der Waals surface area contributed by atoms with Gasteiger partial charge in [0.05, 0.1) is 0 Å². The third-order valence-electron chi connectivity index (χ3n) is 4.37. The molecular weight excluding hydrogens is 196 g/mol. The molecular formula is C14H28N2. The molecule has 0 saturated carbocycles. The first-order valence-electron chi connectivity index (χ1n) is 7.28. The molecule has 4 unspecified atom stereocenters. The van der Waals surface area contributed by atoms with Crippen LogP contribution in [-0.4, -0.2) is 36.6 Å². The minimum absolute atomic E-state index is 0.726. The van der Waals surface area contributed by atoms with E-state index in [1.165, 1.54) is 58.2 Å². The standard InChI is InChI=1S/C14H28N2/c1-3-4-5-6-12(2)15-14-8-10-16-9-7-13(14)11-16/h12-15H,3-11H2,1-2H3. The van der Waals surface area contributed by atoms with E-state index >= 15 is 0 Å². The van der Waals surface area contributed by atoms with Crippen LogP contribution < -0.4 is 5.32 Å². The highest BCUT2D eigenvalue weighted by molar-refractivity contribution is 4.91. The number of unbranched alkanes of at least 4 members (excludes halogenated alkanes) is 2. The number of rotatable bonds is 6. The van der Waals surface area contributed by atoms with E-state index in [4.69, 9.17) is 0 Å². The van der Waals surface area contributed by atoms with Gasteiger partial charge in [0.25, 0.3) is 0 Å². The van der Waals surface area contributed by atoms with E-state index in [0.717, 1.165) is 18.0 Å². The molecule has 4 atom stereocenters. The summed E-state index contributed by atoms with van der Waals surface area (Å²) < 4.78 is 0. The third-order valence-corrected chi connectivity index (χ3v) is 4.37. The Labute approximate surface area is 101 Å². The van der Waals surface area contributed by atoms with Crippen LogP contribution in [0.2, 0.25) is 0 Å². The van der Waals surface area contributed by atoms with Crippen molar-refractivity contribution in [2.45, 2.75) is 64.5 Å². The van der Waals surface area contributed by atoms with Gasteiger partial charge in [0, 0.05) is 18.6 Å². The summed E-state index contributed by atoms with van der Waals surface area (Å²) in [5.41, 5.74) is 0. The molecule has 2 fully saturated rings. The van der Waals surface area contributed by atoms with E-state index in [1.54, 1.807) is 0 Å². The lowest BCUT2D eigenvalue weighted by Crippen LogP contribution is -2.47. The highest BCUT2D eigenvalue weighted by atomic mass is 15.2. The Balaban J connectivity index is 1.68. The van der Waals surface area contributed by atoms with Crippen molar-refractivity contribution in [3.63, 3.8) is 0 Å². The summed E-state index contributed by atoms with van der Waals surface area (Å²) in [5.74, 6) is 0.947. The summed E-state index contributed by atoms with van der Waals surface area (Å²) in [4.78, 5) is 2.63. The van der Waals surface area contributed by atoms with Crippen LogP contribution in [0, 0.1) is 5.92 Å².